The van der Waals surface area contributed by atoms with Gasteiger partial charge >= 0.3 is 11.9 Å². The molecule has 0 radical (unpaired) electrons. The number of esters is 2. The Bertz CT molecular complexity index is 386. The maximum absolute atomic E-state index is 11.4. The summed E-state index contributed by atoms with van der Waals surface area (Å²) in [7, 11) is 0. The maximum Gasteiger partial charge on any atom is 0.333 e. The maximum atomic E-state index is 11.4. The quantitative estimate of drug-likeness (QED) is 0.181. The SMILES string of the molecule is C=C(C)C(=O)OCCOC(=O)CCCCCCCN=C=O. The fourth-order valence-electron chi connectivity index (χ4n) is 1.52. The predicted molar refractivity (Wildman–Crippen MR) is 77.4 cm³/mol. The summed E-state index contributed by atoms with van der Waals surface area (Å²) in [4.78, 5) is 35.7. The molecule has 0 N–H and O–H groups in total. The van der Waals surface area contributed by atoms with Gasteiger partial charge in [-0.05, 0) is 19.8 Å². The lowest BCUT2D eigenvalue weighted by molar-refractivity contribution is -0.150. The van der Waals surface area contributed by atoms with E-state index in [9.17, 15) is 14.4 Å². The van der Waals surface area contributed by atoms with Crippen LogP contribution in [0.3, 0.4) is 0 Å². The first kappa shape index (κ1) is 19.1. The molecule has 0 unspecified atom stereocenters. The van der Waals surface area contributed by atoms with Crippen molar-refractivity contribution >= 4 is 18.0 Å². The minimum atomic E-state index is -0.482. The van der Waals surface area contributed by atoms with Crippen molar-refractivity contribution in [1.82, 2.24) is 0 Å². The normalized spacial score (nSPS) is 9.57. The Kier molecular flexibility index (Phi) is 11.9. The van der Waals surface area contributed by atoms with Crippen molar-refractivity contribution in [2.24, 2.45) is 4.99 Å². The Hall–Kier alpha value is -1.94. The van der Waals surface area contributed by atoms with Crippen LogP contribution in [0.4, 0.5) is 0 Å². The smallest absolute Gasteiger partial charge is 0.333 e. The molecule has 0 aromatic heterocycles. The Morgan fingerprint density at radius 3 is 2.33 bits per heavy atom. The van der Waals surface area contributed by atoms with Gasteiger partial charge in [-0.2, -0.15) is 0 Å². The summed E-state index contributed by atoms with van der Waals surface area (Å²) < 4.78 is 9.72. The van der Waals surface area contributed by atoms with Gasteiger partial charge in [-0.1, -0.05) is 25.8 Å². The van der Waals surface area contributed by atoms with Crippen molar-refractivity contribution in [1.29, 1.82) is 0 Å². The first-order chi connectivity index (χ1) is 10.1. The number of isocyanates is 1. The first-order valence-electron chi connectivity index (χ1n) is 7.09. The van der Waals surface area contributed by atoms with Gasteiger partial charge in [-0.15, -0.1) is 0 Å². The van der Waals surface area contributed by atoms with E-state index in [0.29, 0.717) is 18.5 Å². The molecule has 0 aromatic carbocycles. The molecule has 0 saturated heterocycles. The largest absolute Gasteiger partial charge is 0.462 e. The van der Waals surface area contributed by atoms with Crippen LogP contribution in [0.2, 0.25) is 0 Å². The Morgan fingerprint density at radius 1 is 1.05 bits per heavy atom. The monoisotopic (exact) mass is 297 g/mol. The third-order valence-corrected chi connectivity index (χ3v) is 2.64. The minimum Gasteiger partial charge on any atom is -0.462 e. The molecule has 21 heavy (non-hydrogen) atoms. The zero-order valence-electron chi connectivity index (χ0n) is 12.6. The van der Waals surface area contributed by atoms with Crippen LogP contribution in [0.1, 0.15) is 45.4 Å². The molecule has 0 heterocycles. The van der Waals surface area contributed by atoms with Crippen LogP contribution < -0.4 is 0 Å². The van der Waals surface area contributed by atoms with E-state index in [1.54, 1.807) is 6.92 Å². The molecular weight excluding hydrogens is 274 g/mol. The van der Waals surface area contributed by atoms with E-state index in [1.807, 2.05) is 0 Å². The highest BCUT2D eigenvalue weighted by Gasteiger charge is 2.05. The van der Waals surface area contributed by atoms with Gasteiger partial charge in [0.1, 0.15) is 13.2 Å². The van der Waals surface area contributed by atoms with Crippen molar-refractivity contribution in [3.05, 3.63) is 12.2 Å². The van der Waals surface area contributed by atoms with Crippen molar-refractivity contribution in [3.8, 4) is 0 Å². The van der Waals surface area contributed by atoms with E-state index in [0.717, 1.165) is 32.1 Å². The van der Waals surface area contributed by atoms with Gasteiger partial charge in [0.25, 0.3) is 0 Å². The molecule has 0 aromatic rings. The third-order valence-electron chi connectivity index (χ3n) is 2.64. The highest BCUT2D eigenvalue weighted by atomic mass is 16.6. The van der Waals surface area contributed by atoms with Crippen LogP contribution in [0.15, 0.2) is 17.1 Å². The second-order valence-corrected chi connectivity index (χ2v) is 4.63. The van der Waals surface area contributed by atoms with Crippen LogP contribution in [-0.4, -0.2) is 37.8 Å². The summed E-state index contributed by atoms with van der Waals surface area (Å²) >= 11 is 0. The minimum absolute atomic E-state index is 0.0503. The number of rotatable bonds is 12. The molecule has 0 rings (SSSR count). The molecule has 0 bridgehead atoms. The topological polar surface area (TPSA) is 82.0 Å². The number of carbonyl (C=O) groups is 2. The number of nitrogens with zero attached hydrogens (tertiary/aromatic N) is 1. The Morgan fingerprint density at radius 2 is 1.67 bits per heavy atom. The predicted octanol–water partition coefficient (Wildman–Crippen LogP) is 2.33. The summed E-state index contributed by atoms with van der Waals surface area (Å²) in [5.41, 5.74) is 0.320. The van der Waals surface area contributed by atoms with Crippen molar-refractivity contribution in [2.75, 3.05) is 19.8 Å². The molecule has 6 nitrogen and oxygen atoms in total. The van der Waals surface area contributed by atoms with Crippen molar-refractivity contribution in [2.45, 2.75) is 45.4 Å². The van der Waals surface area contributed by atoms with Gasteiger partial charge in [0.05, 0.1) is 6.54 Å². The fraction of sp³-hybridized carbons (Fsp3) is 0.667. The van der Waals surface area contributed by atoms with Crippen LogP contribution in [-0.2, 0) is 23.9 Å². The average molecular weight is 297 g/mol. The summed E-state index contributed by atoms with van der Waals surface area (Å²) in [6.45, 7) is 5.64. The van der Waals surface area contributed by atoms with Crippen molar-refractivity contribution in [3.63, 3.8) is 0 Å². The van der Waals surface area contributed by atoms with Crippen LogP contribution in [0, 0.1) is 0 Å². The number of unbranched alkanes of at least 4 members (excludes halogenated alkanes) is 4. The number of aliphatic imine (C=N–C) groups is 1. The summed E-state index contributed by atoms with van der Waals surface area (Å²) in [6, 6.07) is 0. The van der Waals surface area contributed by atoms with Crippen LogP contribution in [0.5, 0.6) is 0 Å². The molecule has 0 atom stereocenters. The Labute approximate surface area is 125 Å². The zero-order valence-corrected chi connectivity index (χ0v) is 12.6. The number of hydrogen-bond donors (Lipinski definition) is 0. The van der Waals surface area contributed by atoms with Gasteiger partial charge in [-0.3, -0.25) is 4.79 Å². The summed E-state index contributed by atoms with van der Waals surface area (Å²) in [6.07, 6.45) is 6.41. The first-order valence-corrected chi connectivity index (χ1v) is 7.09. The van der Waals surface area contributed by atoms with Gasteiger partial charge in [0, 0.05) is 12.0 Å². The molecule has 0 aliphatic carbocycles. The fourth-order valence-corrected chi connectivity index (χ4v) is 1.52. The second kappa shape index (κ2) is 13.1. The molecule has 0 saturated carbocycles. The van der Waals surface area contributed by atoms with Gasteiger partial charge in [0.15, 0.2) is 0 Å². The van der Waals surface area contributed by atoms with Crippen LogP contribution >= 0.6 is 0 Å². The molecule has 118 valence electrons. The highest BCUT2D eigenvalue weighted by Crippen LogP contribution is 2.06. The second-order valence-electron chi connectivity index (χ2n) is 4.63. The van der Waals surface area contributed by atoms with E-state index < -0.39 is 5.97 Å². The standard InChI is InChI=1S/C15H23NO5/c1-13(2)15(19)21-11-10-20-14(18)8-6-4-3-5-7-9-16-12-17/h1,3-11H2,2H3. The molecule has 0 amide bonds. The third kappa shape index (κ3) is 12.8. The van der Waals surface area contributed by atoms with E-state index >= 15 is 0 Å². The molecular formula is C15H23NO5. The number of hydrogen-bond acceptors (Lipinski definition) is 6. The average Bonchev–Trinajstić information content (AvgIpc) is 2.46. The van der Waals surface area contributed by atoms with Gasteiger partial charge in [-0.25, -0.2) is 14.6 Å². The van der Waals surface area contributed by atoms with Crippen LogP contribution in [0.25, 0.3) is 0 Å². The molecule has 0 aliphatic rings. The van der Waals surface area contributed by atoms with Gasteiger partial charge in [0.2, 0.25) is 6.08 Å². The Balaban J connectivity index is 3.36. The molecule has 0 spiro atoms. The summed E-state index contributed by atoms with van der Waals surface area (Å²) in [5.74, 6) is -0.767. The lowest BCUT2D eigenvalue weighted by Crippen LogP contribution is -2.14. The lowest BCUT2D eigenvalue weighted by Gasteiger charge is -2.06. The van der Waals surface area contributed by atoms with Gasteiger partial charge < -0.3 is 9.47 Å². The molecule has 0 fully saturated rings. The van der Waals surface area contributed by atoms with E-state index in [2.05, 4.69) is 11.6 Å². The molecule has 0 aliphatic heterocycles. The summed E-state index contributed by atoms with van der Waals surface area (Å²) in [5, 5.41) is 0. The lowest BCUT2D eigenvalue weighted by atomic mass is 10.1. The zero-order chi connectivity index (χ0) is 15.9. The van der Waals surface area contributed by atoms with E-state index in [4.69, 9.17) is 9.47 Å². The van der Waals surface area contributed by atoms with E-state index in [-0.39, 0.29) is 19.2 Å². The van der Waals surface area contributed by atoms with E-state index in [1.165, 1.54) is 6.08 Å². The molecule has 6 heteroatoms. The number of carbonyl (C=O) groups excluding carboxylic acids is 3. The van der Waals surface area contributed by atoms with Crippen molar-refractivity contribution < 1.29 is 23.9 Å². The number of ether oxygens (including phenoxy) is 2. The highest BCUT2D eigenvalue weighted by molar-refractivity contribution is 5.86.